The highest BCUT2D eigenvalue weighted by Gasteiger charge is 2.01. The number of halogens is 2. The zero-order valence-electron chi connectivity index (χ0n) is 9.66. The molecule has 0 amide bonds. The van der Waals surface area contributed by atoms with Crippen molar-refractivity contribution in [1.29, 1.82) is 0 Å². The van der Waals surface area contributed by atoms with E-state index in [4.69, 9.17) is 17.3 Å². The fourth-order valence-electron chi connectivity index (χ4n) is 1.22. The van der Waals surface area contributed by atoms with Crippen LogP contribution in [0.1, 0.15) is 11.3 Å². The summed E-state index contributed by atoms with van der Waals surface area (Å²) < 4.78 is 12.7. The summed E-state index contributed by atoms with van der Waals surface area (Å²) in [5.41, 5.74) is 6.71. The van der Waals surface area contributed by atoms with E-state index in [-0.39, 0.29) is 16.8 Å². The van der Waals surface area contributed by atoms with Gasteiger partial charge in [0.1, 0.15) is 16.7 Å². The van der Waals surface area contributed by atoms with Gasteiger partial charge in [-0.15, -0.1) is 5.10 Å². The van der Waals surface area contributed by atoms with E-state index >= 15 is 0 Å². The molecule has 96 valence electrons. The number of aromatic nitrogens is 2. The van der Waals surface area contributed by atoms with Crippen LogP contribution < -0.4 is 5.73 Å². The van der Waals surface area contributed by atoms with Crippen molar-refractivity contribution in [3.05, 3.63) is 58.9 Å². The summed E-state index contributed by atoms with van der Waals surface area (Å²) in [4.78, 5) is 7.77. The molecule has 0 aliphatic carbocycles. The van der Waals surface area contributed by atoms with Crippen molar-refractivity contribution in [2.75, 3.05) is 0 Å². The van der Waals surface area contributed by atoms with Crippen LogP contribution in [0.25, 0.3) is 0 Å². The Morgan fingerprint density at radius 3 is 2.68 bits per heavy atom. The molecule has 0 saturated carbocycles. The maximum atomic E-state index is 12.7. The van der Waals surface area contributed by atoms with Crippen LogP contribution in [-0.2, 0) is 0 Å². The number of rotatable bonds is 3. The molecule has 0 bridgehead atoms. The molecule has 0 radical (unpaired) electrons. The Hall–Kier alpha value is -2.34. The Kier molecular flexibility index (Phi) is 4.15. The van der Waals surface area contributed by atoms with Crippen LogP contribution in [0.2, 0.25) is 5.15 Å². The van der Waals surface area contributed by atoms with E-state index in [1.165, 1.54) is 30.7 Å². The maximum absolute atomic E-state index is 12.7. The van der Waals surface area contributed by atoms with E-state index in [0.29, 0.717) is 11.3 Å². The van der Waals surface area contributed by atoms with Gasteiger partial charge in [-0.25, -0.2) is 9.37 Å². The van der Waals surface area contributed by atoms with Gasteiger partial charge in [-0.05, 0) is 17.7 Å². The Balaban J connectivity index is 2.11. The van der Waals surface area contributed by atoms with E-state index in [9.17, 15) is 4.39 Å². The summed E-state index contributed by atoms with van der Waals surface area (Å²) in [6, 6.07) is 5.81. The first-order valence-corrected chi connectivity index (χ1v) is 5.63. The van der Waals surface area contributed by atoms with Gasteiger partial charge in [0.2, 0.25) is 0 Å². The van der Waals surface area contributed by atoms with Gasteiger partial charge in [-0.1, -0.05) is 23.7 Å². The van der Waals surface area contributed by atoms with E-state index in [2.05, 4.69) is 20.2 Å². The second kappa shape index (κ2) is 6.01. The monoisotopic (exact) mass is 277 g/mol. The lowest BCUT2D eigenvalue weighted by molar-refractivity contribution is 0.628. The number of hydrogen-bond acceptors (Lipinski definition) is 4. The third-order valence-corrected chi connectivity index (χ3v) is 2.29. The average molecular weight is 278 g/mol. The first-order chi connectivity index (χ1) is 9.15. The van der Waals surface area contributed by atoms with Crippen molar-refractivity contribution in [1.82, 2.24) is 9.97 Å². The molecule has 2 rings (SSSR count). The fraction of sp³-hybridized carbons (Fsp3) is 0. The molecule has 0 aliphatic rings. The van der Waals surface area contributed by atoms with Crippen LogP contribution in [0.5, 0.6) is 0 Å². The first kappa shape index (κ1) is 13.1. The van der Waals surface area contributed by atoms with Crippen LogP contribution in [0.3, 0.4) is 0 Å². The molecule has 0 saturated heterocycles. The van der Waals surface area contributed by atoms with E-state index in [0.717, 1.165) is 0 Å². The van der Waals surface area contributed by atoms with Crippen molar-refractivity contribution in [3.63, 3.8) is 0 Å². The van der Waals surface area contributed by atoms with Gasteiger partial charge in [-0.3, -0.25) is 4.98 Å². The molecule has 2 N–H and O–H groups in total. The Bertz CT molecular complexity index is 624. The molecule has 1 aromatic carbocycles. The van der Waals surface area contributed by atoms with E-state index < -0.39 is 0 Å². The van der Waals surface area contributed by atoms with Crippen molar-refractivity contribution in [2.24, 2.45) is 15.9 Å². The second-order valence-electron chi connectivity index (χ2n) is 3.51. The lowest BCUT2D eigenvalue weighted by atomic mass is 10.2. The molecule has 2 aromatic rings. The topological polar surface area (TPSA) is 76.5 Å². The third-order valence-electron chi connectivity index (χ3n) is 2.11. The van der Waals surface area contributed by atoms with Crippen molar-refractivity contribution < 1.29 is 4.39 Å². The zero-order chi connectivity index (χ0) is 13.7. The largest absolute Gasteiger partial charge is 0.380 e. The number of hydrogen-bond donors (Lipinski definition) is 1. The van der Waals surface area contributed by atoms with Crippen molar-refractivity contribution in [3.8, 4) is 0 Å². The highest BCUT2D eigenvalue weighted by molar-refractivity contribution is 6.29. The molecule has 0 atom stereocenters. The van der Waals surface area contributed by atoms with Crippen LogP contribution in [0.15, 0.2) is 46.9 Å². The van der Waals surface area contributed by atoms with Gasteiger partial charge in [0.25, 0.3) is 0 Å². The molecule has 0 fully saturated rings. The predicted octanol–water partition coefficient (Wildman–Crippen LogP) is 2.01. The maximum Gasteiger partial charge on any atom is 0.173 e. The van der Waals surface area contributed by atoms with Crippen LogP contribution in [-0.4, -0.2) is 22.0 Å². The Morgan fingerprint density at radius 1 is 1.26 bits per heavy atom. The molecule has 19 heavy (non-hydrogen) atoms. The van der Waals surface area contributed by atoms with Crippen LogP contribution in [0, 0.1) is 5.82 Å². The van der Waals surface area contributed by atoms with Crippen LogP contribution >= 0.6 is 11.6 Å². The molecule has 5 nitrogen and oxygen atoms in total. The minimum absolute atomic E-state index is 0.0911. The summed E-state index contributed by atoms with van der Waals surface area (Å²) in [6.07, 6.45) is 4.27. The third kappa shape index (κ3) is 3.82. The molecule has 0 unspecified atom stereocenters. The lowest BCUT2D eigenvalue weighted by Gasteiger charge is -1.96. The molecule has 1 heterocycles. The highest BCUT2D eigenvalue weighted by atomic mass is 35.5. The summed E-state index contributed by atoms with van der Waals surface area (Å²) in [7, 11) is 0. The quantitative estimate of drug-likeness (QED) is 0.530. The van der Waals surface area contributed by atoms with Crippen molar-refractivity contribution in [2.45, 2.75) is 0 Å². The van der Waals surface area contributed by atoms with E-state index in [1.807, 2.05) is 0 Å². The number of nitrogens with zero attached hydrogens (tertiary/aromatic N) is 4. The zero-order valence-corrected chi connectivity index (χ0v) is 10.4. The number of benzene rings is 1. The van der Waals surface area contributed by atoms with Gasteiger partial charge >= 0.3 is 0 Å². The predicted molar refractivity (Wildman–Crippen MR) is 71.8 cm³/mol. The lowest BCUT2D eigenvalue weighted by Crippen LogP contribution is -2.15. The Labute approximate surface area is 113 Å². The standard InChI is InChI=1S/C12H9ClFN5/c13-11-7-16-6-10(18-11)12(15)19-17-5-8-1-3-9(14)4-2-8/h1-7H,(H2,15,19)/b17-5-. The molecule has 7 heteroatoms. The van der Waals surface area contributed by atoms with Gasteiger partial charge in [0, 0.05) is 0 Å². The summed E-state index contributed by atoms with van der Waals surface area (Å²) in [6.45, 7) is 0. The number of amidine groups is 1. The molecule has 0 spiro atoms. The van der Waals surface area contributed by atoms with E-state index in [1.54, 1.807) is 12.1 Å². The van der Waals surface area contributed by atoms with Gasteiger partial charge < -0.3 is 5.73 Å². The second-order valence-corrected chi connectivity index (χ2v) is 3.90. The molecular weight excluding hydrogens is 269 g/mol. The molecule has 0 aliphatic heterocycles. The molecule has 1 aromatic heterocycles. The van der Waals surface area contributed by atoms with Gasteiger partial charge in [-0.2, -0.15) is 5.10 Å². The number of nitrogens with two attached hydrogens (primary N) is 1. The van der Waals surface area contributed by atoms with Gasteiger partial charge in [0.15, 0.2) is 5.84 Å². The SMILES string of the molecule is NC(=N/N=C\c1ccc(F)cc1)c1cncc(Cl)n1. The summed E-state index contributed by atoms with van der Waals surface area (Å²) >= 11 is 5.68. The summed E-state index contributed by atoms with van der Waals surface area (Å²) in [5, 5.41) is 7.76. The minimum Gasteiger partial charge on any atom is -0.380 e. The summed E-state index contributed by atoms with van der Waals surface area (Å²) in [5.74, 6) is -0.220. The highest BCUT2D eigenvalue weighted by Crippen LogP contribution is 2.03. The Morgan fingerprint density at radius 2 is 2.00 bits per heavy atom. The first-order valence-electron chi connectivity index (χ1n) is 5.25. The van der Waals surface area contributed by atoms with Gasteiger partial charge in [0.05, 0.1) is 18.6 Å². The molecular formula is C12H9ClFN5. The van der Waals surface area contributed by atoms with Crippen molar-refractivity contribution >= 4 is 23.7 Å². The van der Waals surface area contributed by atoms with Crippen LogP contribution in [0.4, 0.5) is 4.39 Å². The average Bonchev–Trinajstić information content (AvgIpc) is 2.41. The smallest absolute Gasteiger partial charge is 0.173 e. The minimum atomic E-state index is -0.311. The fourth-order valence-corrected chi connectivity index (χ4v) is 1.37. The normalized spacial score (nSPS) is 12.0.